The molecule has 0 fully saturated rings. The first-order valence-electron chi connectivity index (χ1n) is 10.3. The van der Waals surface area contributed by atoms with E-state index in [4.69, 9.17) is 4.74 Å². The van der Waals surface area contributed by atoms with Gasteiger partial charge in [0.1, 0.15) is 6.61 Å². The van der Waals surface area contributed by atoms with Crippen molar-refractivity contribution in [3.05, 3.63) is 102 Å². The summed E-state index contributed by atoms with van der Waals surface area (Å²) in [6.07, 6.45) is 4.98. The maximum atomic E-state index is 12.4. The van der Waals surface area contributed by atoms with E-state index in [0.717, 1.165) is 24.0 Å². The SMILES string of the molecule is O=C(N[C@@H](Cc1ccccc1)[C@H](O)CCCc1ccccc1)OCc1cccnc1. The van der Waals surface area contributed by atoms with E-state index >= 15 is 0 Å². The molecule has 5 heteroatoms. The maximum absolute atomic E-state index is 12.4. The van der Waals surface area contributed by atoms with Crippen LogP contribution in [0.3, 0.4) is 0 Å². The van der Waals surface area contributed by atoms with E-state index in [2.05, 4.69) is 22.4 Å². The van der Waals surface area contributed by atoms with Crippen molar-refractivity contribution < 1.29 is 14.6 Å². The molecule has 2 N–H and O–H groups in total. The van der Waals surface area contributed by atoms with E-state index in [1.165, 1.54) is 5.56 Å². The van der Waals surface area contributed by atoms with Crippen LogP contribution in [0.1, 0.15) is 29.5 Å². The number of hydrogen-bond donors (Lipinski definition) is 2. The molecule has 2 aromatic carbocycles. The highest BCUT2D eigenvalue weighted by Gasteiger charge is 2.22. The number of ether oxygens (including phenoxy) is 1. The minimum Gasteiger partial charge on any atom is -0.445 e. The molecule has 1 heterocycles. The van der Waals surface area contributed by atoms with Crippen molar-refractivity contribution in [1.82, 2.24) is 10.3 Å². The van der Waals surface area contributed by atoms with Crippen LogP contribution >= 0.6 is 0 Å². The van der Waals surface area contributed by atoms with Crippen LogP contribution in [-0.2, 0) is 24.2 Å². The Morgan fingerprint density at radius 1 is 0.933 bits per heavy atom. The summed E-state index contributed by atoms with van der Waals surface area (Å²) in [5, 5.41) is 13.7. The number of carbonyl (C=O) groups is 1. The number of aliphatic hydroxyl groups is 1. The highest BCUT2D eigenvalue weighted by atomic mass is 16.5. The number of rotatable bonds is 10. The number of aryl methyl sites for hydroxylation is 1. The van der Waals surface area contributed by atoms with Crippen LogP contribution in [0.4, 0.5) is 4.79 Å². The first-order chi connectivity index (χ1) is 14.7. The van der Waals surface area contributed by atoms with Crippen LogP contribution < -0.4 is 5.32 Å². The summed E-state index contributed by atoms with van der Waals surface area (Å²) in [7, 11) is 0. The highest BCUT2D eigenvalue weighted by Crippen LogP contribution is 2.13. The monoisotopic (exact) mass is 404 g/mol. The van der Waals surface area contributed by atoms with E-state index in [0.29, 0.717) is 12.8 Å². The lowest BCUT2D eigenvalue weighted by Crippen LogP contribution is -2.45. The average molecular weight is 405 g/mol. The smallest absolute Gasteiger partial charge is 0.407 e. The predicted octanol–water partition coefficient (Wildman–Crippen LogP) is 4.30. The summed E-state index contributed by atoms with van der Waals surface area (Å²) in [5.41, 5.74) is 3.11. The molecule has 0 unspecified atom stereocenters. The van der Waals surface area contributed by atoms with Gasteiger partial charge in [0.05, 0.1) is 12.1 Å². The van der Waals surface area contributed by atoms with Crippen LogP contribution in [0.2, 0.25) is 0 Å². The molecule has 1 aromatic heterocycles. The van der Waals surface area contributed by atoms with Crippen molar-refractivity contribution in [2.75, 3.05) is 0 Å². The standard InChI is InChI=1S/C25H28N2O3/c28-24(15-7-13-20-9-3-1-4-10-20)23(17-21-11-5-2-6-12-21)27-25(29)30-19-22-14-8-16-26-18-22/h1-6,8-12,14,16,18,23-24,28H,7,13,15,17,19H2,(H,27,29)/t23-,24+/m0/s1. The zero-order valence-electron chi connectivity index (χ0n) is 17.0. The first kappa shape index (κ1) is 21.5. The van der Waals surface area contributed by atoms with E-state index in [1.807, 2.05) is 54.6 Å². The fourth-order valence-electron chi connectivity index (χ4n) is 3.34. The number of pyridine rings is 1. The van der Waals surface area contributed by atoms with Gasteiger partial charge in [0.2, 0.25) is 0 Å². The summed E-state index contributed by atoms with van der Waals surface area (Å²) >= 11 is 0. The molecular formula is C25H28N2O3. The molecule has 0 saturated carbocycles. The molecule has 5 nitrogen and oxygen atoms in total. The van der Waals surface area contributed by atoms with Gasteiger partial charge in [0.15, 0.2) is 0 Å². The Bertz CT molecular complexity index is 873. The molecular weight excluding hydrogens is 376 g/mol. The van der Waals surface area contributed by atoms with Crippen molar-refractivity contribution in [1.29, 1.82) is 0 Å². The molecule has 2 atom stereocenters. The molecule has 0 spiro atoms. The third-order valence-electron chi connectivity index (χ3n) is 4.97. The molecule has 0 bridgehead atoms. The van der Waals surface area contributed by atoms with Crippen molar-refractivity contribution in [3.8, 4) is 0 Å². The van der Waals surface area contributed by atoms with Gasteiger partial charge < -0.3 is 15.2 Å². The summed E-state index contributed by atoms with van der Waals surface area (Å²) in [5.74, 6) is 0. The summed E-state index contributed by atoms with van der Waals surface area (Å²) in [6.45, 7) is 0.141. The normalized spacial score (nSPS) is 12.7. The Balaban J connectivity index is 1.55. The molecule has 30 heavy (non-hydrogen) atoms. The number of carbonyl (C=O) groups excluding carboxylic acids is 1. The van der Waals surface area contributed by atoms with Gasteiger partial charge in [-0.3, -0.25) is 4.98 Å². The second-order valence-corrected chi connectivity index (χ2v) is 7.32. The molecule has 0 aliphatic rings. The van der Waals surface area contributed by atoms with Gasteiger partial charge in [-0.2, -0.15) is 0 Å². The van der Waals surface area contributed by atoms with Crippen LogP contribution in [0.5, 0.6) is 0 Å². The Morgan fingerprint density at radius 2 is 1.60 bits per heavy atom. The predicted molar refractivity (Wildman–Crippen MR) is 117 cm³/mol. The van der Waals surface area contributed by atoms with Crippen LogP contribution in [-0.4, -0.2) is 28.3 Å². The molecule has 3 rings (SSSR count). The number of nitrogens with zero attached hydrogens (tertiary/aromatic N) is 1. The molecule has 0 saturated heterocycles. The van der Waals surface area contributed by atoms with Gasteiger partial charge >= 0.3 is 6.09 Å². The number of aromatic nitrogens is 1. The van der Waals surface area contributed by atoms with Crippen molar-refractivity contribution in [3.63, 3.8) is 0 Å². The third kappa shape index (κ3) is 7.33. The Morgan fingerprint density at radius 3 is 2.27 bits per heavy atom. The third-order valence-corrected chi connectivity index (χ3v) is 4.97. The lowest BCUT2D eigenvalue weighted by atomic mass is 9.96. The number of alkyl carbamates (subject to hydrolysis) is 1. The largest absolute Gasteiger partial charge is 0.445 e. The number of nitrogens with one attached hydrogen (secondary N) is 1. The summed E-state index contributed by atoms with van der Waals surface area (Å²) < 4.78 is 5.32. The highest BCUT2D eigenvalue weighted by molar-refractivity contribution is 5.67. The van der Waals surface area contributed by atoms with Gasteiger partial charge in [-0.15, -0.1) is 0 Å². The number of hydrogen-bond acceptors (Lipinski definition) is 4. The van der Waals surface area contributed by atoms with Gasteiger partial charge in [-0.1, -0.05) is 66.7 Å². The zero-order chi connectivity index (χ0) is 21.0. The second kappa shape index (κ2) is 11.7. The Labute approximate surface area is 177 Å². The minimum absolute atomic E-state index is 0.141. The molecule has 0 aliphatic carbocycles. The minimum atomic E-state index is -0.667. The van der Waals surface area contributed by atoms with Gasteiger partial charge in [0, 0.05) is 18.0 Å². The van der Waals surface area contributed by atoms with Crippen LogP contribution in [0.25, 0.3) is 0 Å². The van der Waals surface area contributed by atoms with E-state index in [9.17, 15) is 9.90 Å². The molecule has 3 aromatic rings. The van der Waals surface area contributed by atoms with E-state index in [1.54, 1.807) is 18.5 Å². The molecule has 1 amide bonds. The summed E-state index contributed by atoms with van der Waals surface area (Å²) in [6, 6.07) is 23.3. The lowest BCUT2D eigenvalue weighted by molar-refractivity contribution is 0.0952. The second-order valence-electron chi connectivity index (χ2n) is 7.32. The van der Waals surface area contributed by atoms with Crippen molar-refractivity contribution in [2.45, 2.75) is 44.4 Å². The molecule has 0 aliphatic heterocycles. The Kier molecular flexibility index (Phi) is 8.42. The lowest BCUT2D eigenvalue weighted by Gasteiger charge is -2.24. The zero-order valence-corrected chi connectivity index (χ0v) is 17.0. The van der Waals surface area contributed by atoms with Crippen LogP contribution in [0, 0.1) is 0 Å². The fourth-order valence-corrected chi connectivity index (χ4v) is 3.34. The van der Waals surface area contributed by atoms with Crippen molar-refractivity contribution >= 4 is 6.09 Å². The number of amides is 1. The van der Waals surface area contributed by atoms with E-state index < -0.39 is 18.2 Å². The van der Waals surface area contributed by atoms with Crippen LogP contribution in [0.15, 0.2) is 85.2 Å². The van der Waals surface area contributed by atoms with Gasteiger partial charge in [-0.25, -0.2) is 4.79 Å². The first-order valence-corrected chi connectivity index (χ1v) is 10.3. The molecule has 0 radical (unpaired) electrons. The maximum Gasteiger partial charge on any atom is 0.407 e. The fraction of sp³-hybridized carbons (Fsp3) is 0.280. The van der Waals surface area contributed by atoms with E-state index in [-0.39, 0.29) is 6.61 Å². The topological polar surface area (TPSA) is 71.5 Å². The number of aliphatic hydroxyl groups excluding tert-OH is 1. The summed E-state index contributed by atoms with van der Waals surface area (Å²) in [4.78, 5) is 16.4. The average Bonchev–Trinajstić information content (AvgIpc) is 2.79. The van der Waals surface area contributed by atoms with Crippen molar-refractivity contribution in [2.24, 2.45) is 0 Å². The quantitative estimate of drug-likeness (QED) is 0.528. The Hall–Kier alpha value is -3.18. The molecule has 156 valence electrons. The number of benzene rings is 2. The van der Waals surface area contributed by atoms with Gasteiger partial charge in [-0.05, 0) is 42.9 Å². The van der Waals surface area contributed by atoms with Gasteiger partial charge in [0.25, 0.3) is 0 Å².